The van der Waals surface area contributed by atoms with Gasteiger partial charge in [-0.1, -0.05) is 18.2 Å². The topological polar surface area (TPSA) is 158 Å². The lowest BCUT2D eigenvalue weighted by Crippen LogP contribution is -2.59. The van der Waals surface area contributed by atoms with Gasteiger partial charge in [0, 0.05) is 5.92 Å². The van der Waals surface area contributed by atoms with Crippen molar-refractivity contribution >= 4 is 28.6 Å². The Morgan fingerprint density at radius 1 is 1.20 bits per heavy atom. The fraction of sp³-hybridized carbons (Fsp3) is 0.318. The number of fused-ring (bicyclic) bond motifs is 1. The molecule has 30 heavy (non-hydrogen) atoms. The second-order valence-electron chi connectivity index (χ2n) is 7.76. The Morgan fingerprint density at radius 2 is 1.83 bits per heavy atom. The van der Waals surface area contributed by atoms with Gasteiger partial charge in [-0.25, -0.2) is 0 Å². The zero-order valence-corrected chi connectivity index (χ0v) is 16.8. The first-order chi connectivity index (χ1) is 14.0. The zero-order chi connectivity index (χ0) is 22.5. The van der Waals surface area contributed by atoms with Crippen LogP contribution in [0.1, 0.15) is 23.6 Å². The summed E-state index contributed by atoms with van der Waals surface area (Å²) in [4.78, 5) is 36.1. The van der Waals surface area contributed by atoms with Crippen LogP contribution in [-0.2, 0) is 20.8 Å². The number of aliphatic hydroxyl groups is 2. The molecule has 158 valence electrons. The van der Waals surface area contributed by atoms with Crippen LogP contribution in [0.4, 0.5) is 0 Å². The highest BCUT2D eigenvalue weighted by Gasteiger charge is 2.53. The SMILES string of the molecule is CC(=O)C1=C(O)[C@@](O)(C=O)C(Cc2cc3ccc(C)c(O)c3c(O)c2C)[C@@H](N)C1=O. The van der Waals surface area contributed by atoms with E-state index in [1.807, 2.05) is 0 Å². The van der Waals surface area contributed by atoms with Crippen LogP contribution in [0.5, 0.6) is 11.5 Å². The average molecular weight is 413 g/mol. The molecule has 8 nitrogen and oxygen atoms in total. The molecule has 6 N–H and O–H groups in total. The van der Waals surface area contributed by atoms with E-state index in [1.165, 1.54) is 0 Å². The van der Waals surface area contributed by atoms with E-state index in [2.05, 4.69) is 0 Å². The van der Waals surface area contributed by atoms with Gasteiger partial charge in [-0.2, -0.15) is 0 Å². The van der Waals surface area contributed by atoms with Gasteiger partial charge in [-0.3, -0.25) is 14.4 Å². The van der Waals surface area contributed by atoms with Gasteiger partial charge < -0.3 is 26.2 Å². The highest BCUT2D eigenvalue weighted by molar-refractivity contribution is 6.23. The number of aryl methyl sites for hydroxylation is 1. The Balaban J connectivity index is 2.18. The molecule has 2 aromatic carbocycles. The molecule has 1 aliphatic rings. The van der Waals surface area contributed by atoms with Crippen molar-refractivity contribution in [3.8, 4) is 11.5 Å². The molecule has 1 unspecified atom stereocenters. The smallest absolute Gasteiger partial charge is 0.187 e. The van der Waals surface area contributed by atoms with Crippen molar-refractivity contribution in [3.05, 3.63) is 46.2 Å². The first kappa shape index (κ1) is 21.5. The molecule has 0 saturated heterocycles. The first-order valence-corrected chi connectivity index (χ1v) is 9.32. The molecule has 2 aromatic rings. The molecule has 0 aliphatic heterocycles. The molecular weight excluding hydrogens is 390 g/mol. The molecule has 0 amide bonds. The Bertz CT molecular complexity index is 1130. The lowest BCUT2D eigenvalue weighted by Gasteiger charge is -2.39. The third kappa shape index (κ3) is 2.96. The van der Waals surface area contributed by atoms with E-state index in [0.29, 0.717) is 22.1 Å². The van der Waals surface area contributed by atoms with Crippen molar-refractivity contribution in [3.63, 3.8) is 0 Å². The second-order valence-corrected chi connectivity index (χ2v) is 7.76. The minimum atomic E-state index is -2.54. The third-order valence-electron chi connectivity index (χ3n) is 5.95. The summed E-state index contributed by atoms with van der Waals surface area (Å²) in [6.07, 6.45) is -0.0883. The van der Waals surface area contributed by atoms with Crippen LogP contribution >= 0.6 is 0 Å². The predicted molar refractivity (Wildman–Crippen MR) is 108 cm³/mol. The van der Waals surface area contributed by atoms with Gasteiger partial charge in [0.25, 0.3) is 0 Å². The van der Waals surface area contributed by atoms with Crippen LogP contribution in [0.2, 0.25) is 0 Å². The number of benzene rings is 2. The number of aliphatic hydroxyl groups excluding tert-OH is 1. The number of rotatable bonds is 4. The number of carbonyl (C=O) groups excluding carboxylic acids is 3. The molecule has 0 aromatic heterocycles. The summed E-state index contributed by atoms with van der Waals surface area (Å²) in [5.41, 5.74) is 4.15. The molecule has 3 atom stereocenters. The van der Waals surface area contributed by atoms with Crippen molar-refractivity contribution < 1.29 is 34.8 Å². The molecule has 0 heterocycles. The number of aromatic hydroxyl groups is 2. The third-order valence-corrected chi connectivity index (χ3v) is 5.95. The van der Waals surface area contributed by atoms with Gasteiger partial charge in [0.15, 0.2) is 23.5 Å². The fourth-order valence-electron chi connectivity index (χ4n) is 4.05. The van der Waals surface area contributed by atoms with Gasteiger partial charge in [0.1, 0.15) is 22.8 Å². The number of phenols is 2. The Kier molecular flexibility index (Phi) is 5.17. The largest absolute Gasteiger partial charge is 0.508 e. The van der Waals surface area contributed by atoms with Crippen molar-refractivity contribution in [1.29, 1.82) is 0 Å². The maximum atomic E-state index is 12.6. The van der Waals surface area contributed by atoms with Gasteiger partial charge in [0.05, 0.1) is 11.4 Å². The number of aldehydes is 1. The fourth-order valence-corrected chi connectivity index (χ4v) is 4.05. The Hall–Kier alpha value is -3.23. The van der Waals surface area contributed by atoms with E-state index in [4.69, 9.17) is 5.73 Å². The zero-order valence-electron chi connectivity index (χ0n) is 16.8. The predicted octanol–water partition coefficient (Wildman–Crippen LogP) is 1.27. The summed E-state index contributed by atoms with van der Waals surface area (Å²) in [5.74, 6) is -4.22. The molecule has 0 spiro atoms. The maximum Gasteiger partial charge on any atom is 0.187 e. The van der Waals surface area contributed by atoms with Gasteiger partial charge >= 0.3 is 0 Å². The molecule has 0 saturated carbocycles. The summed E-state index contributed by atoms with van der Waals surface area (Å²) in [7, 11) is 0. The van der Waals surface area contributed by atoms with Gasteiger partial charge in [0.2, 0.25) is 0 Å². The monoisotopic (exact) mass is 413 g/mol. The van der Waals surface area contributed by atoms with Crippen LogP contribution in [0.15, 0.2) is 29.5 Å². The highest BCUT2D eigenvalue weighted by Crippen LogP contribution is 2.42. The molecule has 8 heteroatoms. The summed E-state index contributed by atoms with van der Waals surface area (Å²) in [5, 5.41) is 43.0. The minimum Gasteiger partial charge on any atom is -0.508 e. The van der Waals surface area contributed by atoms with Crippen LogP contribution in [0.3, 0.4) is 0 Å². The van der Waals surface area contributed by atoms with E-state index in [-0.39, 0.29) is 29.6 Å². The standard InChI is InChI=1S/C22H23NO7/c1-9-4-5-12-6-13(10(2)19(27)16(12)18(9)26)7-14-17(23)20(28)15(11(3)25)21(29)22(14,30)8-24/h4-6,8,14,17,26-27,29-30H,7,23H2,1-3H3/t14?,17-,22-/m1/s1. The molecule has 0 radical (unpaired) electrons. The lowest BCUT2D eigenvalue weighted by atomic mass is 9.69. The van der Waals surface area contributed by atoms with Crippen LogP contribution < -0.4 is 5.73 Å². The molecule has 1 aliphatic carbocycles. The van der Waals surface area contributed by atoms with Crippen LogP contribution in [0, 0.1) is 19.8 Å². The van der Waals surface area contributed by atoms with Crippen molar-refractivity contribution in [2.24, 2.45) is 11.7 Å². The summed E-state index contributed by atoms with van der Waals surface area (Å²) < 4.78 is 0. The van der Waals surface area contributed by atoms with E-state index in [0.717, 1.165) is 6.92 Å². The first-order valence-electron chi connectivity index (χ1n) is 9.32. The average Bonchev–Trinajstić information content (AvgIpc) is 2.69. The van der Waals surface area contributed by atoms with E-state index in [9.17, 15) is 34.8 Å². The number of nitrogens with two attached hydrogens (primary N) is 1. The number of hydrogen-bond acceptors (Lipinski definition) is 8. The Morgan fingerprint density at radius 3 is 2.40 bits per heavy atom. The van der Waals surface area contributed by atoms with E-state index >= 15 is 0 Å². The number of carbonyl (C=O) groups is 3. The number of hydrogen-bond donors (Lipinski definition) is 5. The summed E-state index contributed by atoms with van der Waals surface area (Å²) >= 11 is 0. The van der Waals surface area contributed by atoms with E-state index in [1.54, 1.807) is 32.0 Å². The summed E-state index contributed by atoms with van der Waals surface area (Å²) in [6, 6.07) is 3.57. The summed E-state index contributed by atoms with van der Waals surface area (Å²) in [6.45, 7) is 4.30. The molecule has 0 bridgehead atoms. The van der Waals surface area contributed by atoms with Crippen LogP contribution in [-0.4, -0.2) is 49.9 Å². The number of phenolic OH excluding ortho intramolecular Hbond substituents is 2. The molecule has 3 rings (SSSR count). The molecule has 0 fully saturated rings. The van der Waals surface area contributed by atoms with Crippen molar-refractivity contribution in [2.75, 3.05) is 0 Å². The van der Waals surface area contributed by atoms with Crippen molar-refractivity contribution in [1.82, 2.24) is 0 Å². The highest BCUT2D eigenvalue weighted by atomic mass is 16.3. The van der Waals surface area contributed by atoms with Gasteiger partial charge in [-0.15, -0.1) is 0 Å². The van der Waals surface area contributed by atoms with Crippen LogP contribution in [0.25, 0.3) is 10.8 Å². The number of Topliss-reactive ketones (excluding diaryl/α,β-unsaturated/α-hetero) is 2. The van der Waals surface area contributed by atoms with Gasteiger partial charge in [-0.05, 0) is 49.3 Å². The quantitative estimate of drug-likeness (QED) is 0.370. The second kappa shape index (κ2) is 7.23. The lowest BCUT2D eigenvalue weighted by molar-refractivity contribution is -0.137. The Labute approximate surface area is 172 Å². The number of ketones is 2. The molecular formula is C22H23NO7. The minimum absolute atomic E-state index is 0.0632. The normalized spacial score (nSPS) is 24.4. The maximum absolute atomic E-state index is 12.6. The van der Waals surface area contributed by atoms with Crippen molar-refractivity contribution in [2.45, 2.75) is 38.8 Å². The van der Waals surface area contributed by atoms with E-state index < -0.39 is 40.5 Å².